The average Bonchev–Trinajstić information content (AvgIpc) is 3.07. The molecule has 0 aliphatic carbocycles. The van der Waals surface area contributed by atoms with Crippen molar-refractivity contribution in [2.24, 2.45) is 0 Å². The molecule has 0 unspecified atom stereocenters. The van der Waals surface area contributed by atoms with E-state index in [0.717, 1.165) is 20.7 Å². The first-order valence-corrected chi connectivity index (χ1v) is 9.02. The van der Waals surface area contributed by atoms with Crippen molar-refractivity contribution in [1.82, 2.24) is 14.5 Å². The van der Waals surface area contributed by atoms with Gasteiger partial charge in [-0.25, -0.2) is 9.97 Å². The standard InChI is InChI=1S/C18H12BrN3OS/c19-13-6-7-16-15(8-13)18(23)22(11-20-16)9-14-10-24-17(21-14)12-4-2-1-3-5-12/h1-8,10-11H,9H2. The largest absolute Gasteiger partial charge is 0.293 e. The van der Waals surface area contributed by atoms with Gasteiger partial charge in [0.05, 0.1) is 29.5 Å². The summed E-state index contributed by atoms with van der Waals surface area (Å²) in [6.45, 7) is 0.414. The van der Waals surface area contributed by atoms with Crippen molar-refractivity contribution in [3.05, 3.63) is 80.8 Å². The molecule has 118 valence electrons. The average molecular weight is 398 g/mol. The van der Waals surface area contributed by atoms with Crippen LogP contribution >= 0.6 is 27.3 Å². The third kappa shape index (κ3) is 2.90. The fourth-order valence-electron chi connectivity index (χ4n) is 2.51. The van der Waals surface area contributed by atoms with Crippen LogP contribution in [0.4, 0.5) is 0 Å². The number of rotatable bonds is 3. The quantitative estimate of drug-likeness (QED) is 0.516. The van der Waals surface area contributed by atoms with Crippen LogP contribution in [0.1, 0.15) is 5.69 Å². The lowest BCUT2D eigenvalue weighted by molar-refractivity contribution is 0.734. The van der Waals surface area contributed by atoms with E-state index in [4.69, 9.17) is 0 Å². The van der Waals surface area contributed by atoms with E-state index in [1.807, 2.05) is 47.8 Å². The summed E-state index contributed by atoms with van der Waals surface area (Å²) in [6, 6.07) is 15.5. The van der Waals surface area contributed by atoms with Crippen molar-refractivity contribution in [2.75, 3.05) is 0 Å². The van der Waals surface area contributed by atoms with Crippen LogP contribution in [0.25, 0.3) is 21.5 Å². The van der Waals surface area contributed by atoms with Crippen LogP contribution in [0.15, 0.2) is 69.5 Å². The molecule has 0 saturated heterocycles. The Morgan fingerprint density at radius 1 is 1.12 bits per heavy atom. The molecule has 0 aliphatic heterocycles. The zero-order chi connectivity index (χ0) is 16.5. The number of hydrogen-bond donors (Lipinski definition) is 0. The maximum Gasteiger partial charge on any atom is 0.261 e. The molecule has 4 aromatic rings. The maximum absolute atomic E-state index is 12.6. The van der Waals surface area contributed by atoms with Crippen molar-refractivity contribution in [2.45, 2.75) is 6.54 Å². The summed E-state index contributed by atoms with van der Waals surface area (Å²) in [6.07, 6.45) is 1.58. The number of fused-ring (bicyclic) bond motifs is 1. The first kappa shape index (κ1) is 15.2. The minimum atomic E-state index is -0.0597. The van der Waals surface area contributed by atoms with E-state index in [-0.39, 0.29) is 5.56 Å². The fourth-order valence-corrected chi connectivity index (χ4v) is 3.69. The Balaban J connectivity index is 1.69. The van der Waals surface area contributed by atoms with Gasteiger partial charge in [-0.1, -0.05) is 46.3 Å². The van der Waals surface area contributed by atoms with E-state index in [0.29, 0.717) is 17.4 Å². The number of thiazole rings is 1. The number of nitrogens with zero attached hydrogens (tertiary/aromatic N) is 3. The van der Waals surface area contributed by atoms with Crippen LogP contribution in [0.5, 0.6) is 0 Å². The number of aromatic nitrogens is 3. The molecule has 0 radical (unpaired) electrons. The Labute approximate surface area is 150 Å². The normalized spacial score (nSPS) is 11.0. The van der Waals surface area contributed by atoms with E-state index in [2.05, 4.69) is 25.9 Å². The summed E-state index contributed by atoms with van der Waals surface area (Å²) in [5.74, 6) is 0. The van der Waals surface area contributed by atoms with E-state index in [1.165, 1.54) is 0 Å². The Hall–Kier alpha value is -2.31. The van der Waals surface area contributed by atoms with Gasteiger partial charge in [0.1, 0.15) is 5.01 Å². The molecule has 2 aromatic carbocycles. The molecule has 0 atom stereocenters. The second-order valence-electron chi connectivity index (χ2n) is 5.35. The topological polar surface area (TPSA) is 47.8 Å². The molecular weight excluding hydrogens is 386 g/mol. The molecule has 2 aromatic heterocycles. The van der Waals surface area contributed by atoms with Gasteiger partial charge in [-0.2, -0.15) is 0 Å². The van der Waals surface area contributed by atoms with Crippen LogP contribution in [-0.4, -0.2) is 14.5 Å². The number of benzene rings is 2. The van der Waals surface area contributed by atoms with Gasteiger partial charge in [-0.3, -0.25) is 9.36 Å². The first-order chi connectivity index (χ1) is 11.7. The molecule has 6 heteroatoms. The minimum absolute atomic E-state index is 0.0597. The zero-order valence-corrected chi connectivity index (χ0v) is 14.9. The van der Waals surface area contributed by atoms with Crippen molar-refractivity contribution in [3.8, 4) is 10.6 Å². The van der Waals surface area contributed by atoms with E-state index < -0.39 is 0 Å². The molecule has 2 heterocycles. The molecule has 4 rings (SSSR count). The van der Waals surface area contributed by atoms with Crippen LogP contribution in [0.3, 0.4) is 0 Å². The van der Waals surface area contributed by atoms with Crippen molar-refractivity contribution in [1.29, 1.82) is 0 Å². The number of hydrogen-bond acceptors (Lipinski definition) is 4. The van der Waals surface area contributed by atoms with Gasteiger partial charge in [-0.05, 0) is 18.2 Å². The summed E-state index contributed by atoms with van der Waals surface area (Å²) in [7, 11) is 0. The molecule has 4 nitrogen and oxygen atoms in total. The van der Waals surface area contributed by atoms with Crippen LogP contribution < -0.4 is 5.56 Å². The SMILES string of the molecule is O=c1c2cc(Br)ccc2ncn1Cc1csc(-c2ccccc2)n1. The molecule has 0 N–H and O–H groups in total. The molecule has 0 amide bonds. The highest BCUT2D eigenvalue weighted by molar-refractivity contribution is 9.10. The van der Waals surface area contributed by atoms with Crippen molar-refractivity contribution < 1.29 is 0 Å². The first-order valence-electron chi connectivity index (χ1n) is 7.35. The van der Waals surface area contributed by atoms with Gasteiger partial charge in [0.25, 0.3) is 5.56 Å². The highest BCUT2D eigenvalue weighted by atomic mass is 79.9. The summed E-state index contributed by atoms with van der Waals surface area (Å²) in [5, 5.41) is 3.54. The lowest BCUT2D eigenvalue weighted by Gasteiger charge is -2.05. The maximum atomic E-state index is 12.6. The van der Waals surface area contributed by atoms with E-state index in [1.54, 1.807) is 28.3 Å². The summed E-state index contributed by atoms with van der Waals surface area (Å²) < 4.78 is 2.46. The zero-order valence-electron chi connectivity index (χ0n) is 12.5. The monoisotopic (exact) mass is 397 g/mol. The van der Waals surface area contributed by atoms with E-state index >= 15 is 0 Å². The second kappa shape index (κ2) is 6.30. The molecule has 0 aliphatic rings. The Kier molecular flexibility index (Phi) is 4.00. The molecule has 0 fully saturated rings. The van der Waals surface area contributed by atoms with Crippen LogP contribution in [0.2, 0.25) is 0 Å². The smallest absolute Gasteiger partial charge is 0.261 e. The third-order valence-corrected chi connectivity index (χ3v) is 5.12. The lowest BCUT2D eigenvalue weighted by Crippen LogP contribution is -2.21. The van der Waals surface area contributed by atoms with Crippen molar-refractivity contribution >= 4 is 38.2 Å². The third-order valence-electron chi connectivity index (χ3n) is 3.69. The van der Waals surface area contributed by atoms with Crippen LogP contribution in [-0.2, 0) is 6.54 Å². The predicted octanol–water partition coefficient (Wildman–Crippen LogP) is 4.33. The van der Waals surface area contributed by atoms with Crippen molar-refractivity contribution in [3.63, 3.8) is 0 Å². The van der Waals surface area contributed by atoms with Gasteiger partial charge in [0.2, 0.25) is 0 Å². The molecule has 0 bridgehead atoms. The van der Waals surface area contributed by atoms with Crippen LogP contribution in [0, 0.1) is 0 Å². The minimum Gasteiger partial charge on any atom is -0.293 e. The summed E-state index contributed by atoms with van der Waals surface area (Å²) in [4.78, 5) is 21.6. The molecule has 0 spiro atoms. The number of halogens is 1. The highest BCUT2D eigenvalue weighted by Gasteiger charge is 2.08. The Morgan fingerprint density at radius 2 is 1.96 bits per heavy atom. The van der Waals surface area contributed by atoms with Gasteiger partial charge in [0.15, 0.2) is 0 Å². The highest BCUT2D eigenvalue weighted by Crippen LogP contribution is 2.23. The Morgan fingerprint density at radius 3 is 2.79 bits per heavy atom. The summed E-state index contributed by atoms with van der Waals surface area (Å²) >= 11 is 4.98. The summed E-state index contributed by atoms with van der Waals surface area (Å²) in [5.41, 5.74) is 2.58. The van der Waals surface area contributed by atoms with Gasteiger partial charge in [-0.15, -0.1) is 11.3 Å². The molecular formula is C18H12BrN3OS. The Bertz CT molecular complexity index is 1070. The van der Waals surface area contributed by atoms with Gasteiger partial charge < -0.3 is 0 Å². The second-order valence-corrected chi connectivity index (χ2v) is 7.12. The molecule has 24 heavy (non-hydrogen) atoms. The lowest BCUT2D eigenvalue weighted by atomic mass is 10.2. The molecule has 0 saturated carbocycles. The predicted molar refractivity (Wildman–Crippen MR) is 100 cm³/mol. The van der Waals surface area contributed by atoms with Gasteiger partial charge in [0, 0.05) is 15.4 Å². The fraction of sp³-hybridized carbons (Fsp3) is 0.0556. The van der Waals surface area contributed by atoms with E-state index in [9.17, 15) is 4.79 Å². The van der Waals surface area contributed by atoms with Gasteiger partial charge >= 0.3 is 0 Å².